The first-order valence-electron chi connectivity index (χ1n) is 10.6. The van der Waals surface area contributed by atoms with Gasteiger partial charge in [0.25, 0.3) is 11.8 Å². The number of carbonyl (C=O) groups excluding carboxylic acids is 2. The third-order valence-electron chi connectivity index (χ3n) is 5.72. The fraction of sp³-hybridized carbons (Fsp3) is 0.154. The SMILES string of the molecule is COc1ccccc1C1=C(SCc2ccco2)C(=O)N(CCc2c[nH]c3ccccc23)C1=O. The van der Waals surface area contributed by atoms with Gasteiger partial charge < -0.3 is 14.1 Å². The lowest BCUT2D eigenvalue weighted by molar-refractivity contribution is -0.136. The molecule has 0 aliphatic carbocycles. The molecular formula is C26H22N2O4S. The molecule has 166 valence electrons. The smallest absolute Gasteiger partial charge is 0.268 e. The largest absolute Gasteiger partial charge is 0.496 e. The van der Waals surface area contributed by atoms with Gasteiger partial charge in [0.15, 0.2) is 0 Å². The number of H-pyrrole nitrogens is 1. The van der Waals surface area contributed by atoms with E-state index in [1.165, 1.54) is 16.7 Å². The fourth-order valence-electron chi connectivity index (χ4n) is 4.09. The molecule has 0 saturated heterocycles. The second-order valence-electron chi connectivity index (χ2n) is 7.64. The Morgan fingerprint density at radius 2 is 1.82 bits per heavy atom. The zero-order valence-electron chi connectivity index (χ0n) is 18.0. The van der Waals surface area contributed by atoms with Gasteiger partial charge in [-0.3, -0.25) is 14.5 Å². The van der Waals surface area contributed by atoms with Crippen LogP contribution in [0.3, 0.4) is 0 Å². The first-order valence-corrected chi connectivity index (χ1v) is 11.6. The highest BCUT2D eigenvalue weighted by Gasteiger charge is 2.40. The quantitative estimate of drug-likeness (QED) is 0.375. The molecule has 0 fully saturated rings. The van der Waals surface area contributed by atoms with Crippen LogP contribution in [0.4, 0.5) is 0 Å². The fourth-order valence-corrected chi connectivity index (χ4v) is 5.11. The summed E-state index contributed by atoms with van der Waals surface area (Å²) in [6, 6.07) is 19.0. The number of hydrogen-bond acceptors (Lipinski definition) is 5. The van der Waals surface area contributed by atoms with Crippen LogP contribution in [0, 0.1) is 0 Å². The van der Waals surface area contributed by atoms with Crippen molar-refractivity contribution < 1.29 is 18.7 Å². The molecule has 0 bridgehead atoms. The van der Waals surface area contributed by atoms with Gasteiger partial charge in [-0.15, -0.1) is 11.8 Å². The summed E-state index contributed by atoms with van der Waals surface area (Å²) >= 11 is 1.32. The Balaban J connectivity index is 1.45. The standard InChI is InChI=1S/C26H22N2O4S/c1-31-22-11-5-3-9-20(22)23-24(33-16-18-7-6-14-32-18)26(30)28(25(23)29)13-12-17-15-27-21-10-4-2-8-19(17)21/h2-11,14-15,27H,12-13,16H2,1H3. The summed E-state index contributed by atoms with van der Waals surface area (Å²) in [7, 11) is 1.56. The van der Waals surface area contributed by atoms with Crippen LogP contribution in [0.5, 0.6) is 5.75 Å². The van der Waals surface area contributed by atoms with E-state index < -0.39 is 0 Å². The Labute approximate surface area is 195 Å². The van der Waals surface area contributed by atoms with E-state index in [0.29, 0.717) is 40.5 Å². The highest BCUT2D eigenvalue weighted by molar-refractivity contribution is 8.03. The normalized spacial score (nSPS) is 14.0. The lowest BCUT2D eigenvalue weighted by Crippen LogP contribution is -2.33. The topological polar surface area (TPSA) is 75.5 Å². The van der Waals surface area contributed by atoms with Crippen LogP contribution >= 0.6 is 11.8 Å². The van der Waals surface area contributed by atoms with Crippen LogP contribution in [0.1, 0.15) is 16.9 Å². The summed E-state index contributed by atoms with van der Waals surface area (Å²) in [4.78, 5) is 32.0. The van der Waals surface area contributed by atoms with Gasteiger partial charge in [0, 0.05) is 29.2 Å². The van der Waals surface area contributed by atoms with Crippen LogP contribution in [-0.2, 0) is 21.8 Å². The zero-order chi connectivity index (χ0) is 22.8. The highest BCUT2D eigenvalue weighted by Crippen LogP contribution is 2.40. The minimum absolute atomic E-state index is 0.280. The number of fused-ring (bicyclic) bond motifs is 1. The molecule has 2 aromatic carbocycles. The Kier molecular flexibility index (Phi) is 5.79. The molecule has 3 heterocycles. The van der Waals surface area contributed by atoms with Crippen LogP contribution in [0.2, 0.25) is 0 Å². The minimum Gasteiger partial charge on any atom is -0.496 e. The summed E-state index contributed by atoms with van der Waals surface area (Å²) in [5.41, 5.74) is 3.11. The van der Waals surface area contributed by atoms with E-state index in [0.717, 1.165) is 22.2 Å². The van der Waals surface area contributed by atoms with Gasteiger partial charge in [-0.05, 0) is 36.2 Å². The second-order valence-corrected chi connectivity index (χ2v) is 8.63. The number of benzene rings is 2. The summed E-state index contributed by atoms with van der Waals surface area (Å²) < 4.78 is 10.9. The average Bonchev–Trinajstić information content (AvgIpc) is 3.56. The molecule has 33 heavy (non-hydrogen) atoms. The van der Waals surface area contributed by atoms with Crippen LogP contribution < -0.4 is 4.74 Å². The zero-order valence-corrected chi connectivity index (χ0v) is 18.9. The number of ether oxygens (including phenoxy) is 1. The Bertz CT molecular complexity index is 1350. The van der Waals surface area contributed by atoms with E-state index >= 15 is 0 Å². The molecule has 7 heteroatoms. The number of imide groups is 1. The summed E-state index contributed by atoms with van der Waals surface area (Å²) in [5.74, 6) is 1.17. The summed E-state index contributed by atoms with van der Waals surface area (Å²) in [6.45, 7) is 0.295. The van der Waals surface area contributed by atoms with Crippen LogP contribution in [-0.4, -0.2) is 35.4 Å². The second kappa shape index (κ2) is 9.03. The maximum absolute atomic E-state index is 13.5. The molecule has 1 aliphatic heterocycles. The lowest BCUT2D eigenvalue weighted by atomic mass is 10.0. The van der Waals surface area contributed by atoms with Crippen molar-refractivity contribution in [1.82, 2.24) is 9.88 Å². The predicted molar refractivity (Wildman–Crippen MR) is 129 cm³/mol. The number of para-hydroxylation sites is 2. The first-order chi connectivity index (χ1) is 16.2. The molecule has 1 N–H and O–H groups in total. The molecule has 0 unspecified atom stereocenters. The van der Waals surface area contributed by atoms with Crippen molar-refractivity contribution in [2.45, 2.75) is 12.2 Å². The van der Waals surface area contributed by atoms with Crippen molar-refractivity contribution >= 4 is 40.1 Å². The van der Waals surface area contributed by atoms with E-state index in [4.69, 9.17) is 9.15 Å². The molecule has 0 saturated carbocycles. The molecule has 4 aromatic rings. The number of carbonyl (C=O) groups is 2. The third kappa shape index (κ3) is 3.96. The predicted octanol–water partition coefficient (Wildman–Crippen LogP) is 5.03. The van der Waals surface area contributed by atoms with Crippen molar-refractivity contribution in [3.05, 3.63) is 94.9 Å². The summed E-state index contributed by atoms with van der Waals surface area (Å²) in [6.07, 6.45) is 4.11. The Morgan fingerprint density at radius 1 is 1.00 bits per heavy atom. The third-order valence-corrected chi connectivity index (χ3v) is 6.82. The average molecular weight is 459 g/mol. The molecule has 6 nitrogen and oxygen atoms in total. The molecule has 0 atom stereocenters. The van der Waals surface area contributed by atoms with Gasteiger partial charge in [-0.25, -0.2) is 0 Å². The number of furan rings is 1. The van der Waals surface area contributed by atoms with Crippen LogP contribution in [0.15, 0.2) is 82.4 Å². The number of hydrogen-bond donors (Lipinski definition) is 1. The van der Waals surface area contributed by atoms with Gasteiger partial charge in [0.05, 0.1) is 29.6 Å². The number of methoxy groups -OCH3 is 1. The van der Waals surface area contributed by atoms with Crippen molar-refractivity contribution in [1.29, 1.82) is 0 Å². The molecular weight excluding hydrogens is 436 g/mol. The monoisotopic (exact) mass is 458 g/mol. The number of aromatic nitrogens is 1. The van der Waals surface area contributed by atoms with Crippen molar-refractivity contribution in [2.24, 2.45) is 0 Å². The van der Waals surface area contributed by atoms with Gasteiger partial charge in [-0.1, -0.05) is 36.4 Å². The number of nitrogens with one attached hydrogen (secondary N) is 1. The number of thioether (sulfide) groups is 1. The van der Waals surface area contributed by atoms with Crippen molar-refractivity contribution in [2.75, 3.05) is 13.7 Å². The summed E-state index contributed by atoms with van der Waals surface area (Å²) in [5, 5.41) is 1.10. The molecule has 2 aromatic heterocycles. The molecule has 2 amide bonds. The van der Waals surface area contributed by atoms with E-state index in [-0.39, 0.29) is 11.8 Å². The maximum atomic E-state index is 13.5. The van der Waals surface area contributed by atoms with Gasteiger partial charge in [0.1, 0.15) is 11.5 Å². The number of nitrogens with zero attached hydrogens (tertiary/aromatic N) is 1. The van der Waals surface area contributed by atoms with E-state index in [1.807, 2.05) is 54.7 Å². The van der Waals surface area contributed by atoms with Crippen molar-refractivity contribution in [3.8, 4) is 5.75 Å². The van der Waals surface area contributed by atoms with Crippen molar-refractivity contribution in [3.63, 3.8) is 0 Å². The van der Waals surface area contributed by atoms with E-state index in [2.05, 4.69) is 4.98 Å². The number of amides is 2. The Morgan fingerprint density at radius 3 is 2.64 bits per heavy atom. The highest BCUT2D eigenvalue weighted by atomic mass is 32.2. The van der Waals surface area contributed by atoms with E-state index in [9.17, 15) is 9.59 Å². The molecule has 5 rings (SSSR count). The molecule has 0 radical (unpaired) electrons. The number of aromatic amines is 1. The Hall–Kier alpha value is -3.71. The van der Waals surface area contributed by atoms with Gasteiger partial charge in [0.2, 0.25) is 0 Å². The molecule has 1 aliphatic rings. The van der Waals surface area contributed by atoms with E-state index in [1.54, 1.807) is 25.5 Å². The lowest BCUT2D eigenvalue weighted by Gasteiger charge is -2.15. The van der Waals surface area contributed by atoms with Gasteiger partial charge in [-0.2, -0.15) is 0 Å². The first kappa shape index (κ1) is 21.2. The number of rotatable bonds is 8. The molecule has 0 spiro atoms. The minimum atomic E-state index is -0.300. The maximum Gasteiger partial charge on any atom is 0.268 e. The van der Waals surface area contributed by atoms with Crippen LogP contribution in [0.25, 0.3) is 16.5 Å². The van der Waals surface area contributed by atoms with Gasteiger partial charge >= 0.3 is 0 Å².